The van der Waals surface area contributed by atoms with Crippen LogP contribution in [0, 0.1) is 0 Å². The van der Waals surface area contributed by atoms with Crippen LogP contribution in [-0.2, 0) is 10.0 Å². The van der Waals surface area contributed by atoms with Gasteiger partial charge in [-0.05, 0) is 37.4 Å². The molecule has 1 aromatic carbocycles. The largest absolute Gasteiger partial charge is 0.493 e. The Morgan fingerprint density at radius 1 is 1.13 bits per heavy atom. The predicted octanol–water partition coefficient (Wildman–Crippen LogP) is 2.68. The van der Waals surface area contributed by atoms with Gasteiger partial charge in [0.05, 0.1) is 13.7 Å². The van der Waals surface area contributed by atoms with E-state index in [1.165, 1.54) is 11.3 Å². The summed E-state index contributed by atoms with van der Waals surface area (Å²) in [6.45, 7) is 5.65. The molecule has 0 aliphatic carbocycles. The van der Waals surface area contributed by atoms with Crippen molar-refractivity contribution in [2.75, 3.05) is 33.3 Å². The van der Waals surface area contributed by atoms with E-state index in [4.69, 9.17) is 9.47 Å². The standard InChI is InChI=1S/C19H28N4O4S2.HI/c1-4-20-19(21-11-12-23-29(24,25)18-10-7-13-28-18)22-14-15(2)27-17-9-6-5-8-16(17)26-3;/h5-10,13,15,23H,4,11-12,14H2,1-3H3,(H2,20,21,22);1H. The fourth-order valence-corrected chi connectivity index (χ4v) is 4.45. The van der Waals surface area contributed by atoms with Crippen molar-refractivity contribution in [3.05, 3.63) is 41.8 Å². The molecule has 0 aliphatic heterocycles. The average Bonchev–Trinajstić information content (AvgIpc) is 3.25. The lowest BCUT2D eigenvalue weighted by atomic mass is 10.3. The third kappa shape index (κ3) is 8.66. The molecule has 0 saturated carbocycles. The fourth-order valence-electron chi connectivity index (χ4n) is 2.39. The Hall–Kier alpha value is -1.57. The number of sulfonamides is 1. The molecule has 1 aromatic heterocycles. The van der Waals surface area contributed by atoms with E-state index in [2.05, 4.69) is 20.3 Å². The zero-order valence-electron chi connectivity index (χ0n) is 17.3. The van der Waals surface area contributed by atoms with Gasteiger partial charge >= 0.3 is 0 Å². The van der Waals surface area contributed by atoms with Crippen molar-refractivity contribution >= 4 is 51.3 Å². The Kier molecular flexibility index (Phi) is 12.1. The molecule has 0 amide bonds. The molecule has 1 unspecified atom stereocenters. The summed E-state index contributed by atoms with van der Waals surface area (Å²) in [4.78, 5) is 4.50. The summed E-state index contributed by atoms with van der Waals surface area (Å²) in [5, 5.41) is 7.98. The van der Waals surface area contributed by atoms with Crippen LogP contribution in [0.2, 0.25) is 0 Å². The number of rotatable bonds is 11. The quantitative estimate of drug-likeness (QED) is 0.167. The summed E-state index contributed by atoms with van der Waals surface area (Å²) in [5.74, 6) is 1.93. The van der Waals surface area contributed by atoms with Crippen molar-refractivity contribution in [2.24, 2.45) is 4.99 Å². The zero-order chi connectivity index (χ0) is 21.1. The van der Waals surface area contributed by atoms with Crippen LogP contribution in [0.15, 0.2) is 51.0 Å². The van der Waals surface area contributed by atoms with Gasteiger partial charge in [-0.15, -0.1) is 35.3 Å². The number of thiophene rings is 1. The molecule has 8 nitrogen and oxygen atoms in total. The maximum absolute atomic E-state index is 12.1. The smallest absolute Gasteiger partial charge is 0.250 e. The Balaban J connectivity index is 0.00000450. The Labute approximate surface area is 199 Å². The van der Waals surface area contributed by atoms with E-state index >= 15 is 0 Å². The fraction of sp³-hybridized carbons (Fsp3) is 0.421. The summed E-state index contributed by atoms with van der Waals surface area (Å²) < 4.78 is 38.3. The van der Waals surface area contributed by atoms with Gasteiger partial charge in [-0.1, -0.05) is 18.2 Å². The summed E-state index contributed by atoms with van der Waals surface area (Å²) in [6.07, 6.45) is -0.168. The lowest BCUT2D eigenvalue weighted by Crippen LogP contribution is -2.42. The molecule has 30 heavy (non-hydrogen) atoms. The van der Waals surface area contributed by atoms with E-state index in [0.717, 1.165) is 0 Å². The summed E-state index contributed by atoms with van der Waals surface area (Å²) in [7, 11) is -1.86. The van der Waals surface area contributed by atoms with Crippen LogP contribution in [0.25, 0.3) is 0 Å². The first-order valence-corrected chi connectivity index (χ1v) is 11.7. The second kappa shape index (κ2) is 13.7. The normalized spacial score (nSPS) is 12.6. The van der Waals surface area contributed by atoms with Crippen LogP contribution in [0.5, 0.6) is 11.5 Å². The zero-order valence-corrected chi connectivity index (χ0v) is 21.2. The van der Waals surface area contributed by atoms with Crippen LogP contribution < -0.4 is 24.8 Å². The molecule has 3 N–H and O–H groups in total. The Bertz CT molecular complexity index is 876. The number of guanidine groups is 1. The van der Waals surface area contributed by atoms with Crippen LogP contribution >= 0.6 is 35.3 Å². The van der Waals surface area contributed by atoms with Gasteiger partial charge in [-0.2, -0.15) is 0 Å². The maximum Gasteiger partial charge on any atom is 0.250 e. The monoisotopic (exact) mass is 568 g/mol. The van der Waals surface area contributed by atoms with Gasteiger partial charge in [0.1, 0.15) is 10.3 Å². The highest BCUT2D eigenvalue weighted by Crippen LogP contribution is 2.26. The highest BCUT2D eigenvalue weighted by molar-refractivity contribution is 14.0. The number of nitrogens with zero attached hydrogens (tertiary/aromatic N) is 1. The van der Waals surface area contributed by atoms with Crippen LogP contribution in [0.4, 0.5) is 0 Å². The first-order chi connectivity index (χ1) is 14.0. The number of hydrogen-bond donors (Lipinski definition) is 3. The Morgan fingerprint density at radius 3 is 2.50 bits per heavy atom. The topological polar surface area (TPSA) is 101 Å². The van der Waals surface area contributed by atoms with E-state index < -0.39 is 10.0 Å². The van der Waals surface area contributed by atoms with Crippen LogP contribution in [0.3, 0.4) is 0 Å². The van der Waals surface area contributed by atoms with Crippen LogP contribution in [0.1, 0.15) is 13.8 Å². The molecule has 2 aromatic rings. The van der Waals surface area contributed by atoms with Crippen molar-refractivity contribution in [1.82, 2.24) is 15.4 Å². The molecule has 1 atom stereocenters. The van der Waals surface area contributed by atoms with Crippen LogP contribution in [-0.4, -0.2) is 53.8 Å². The minimum absolute atomic E-state index is 0. The first kappa shape index (κ1) is 26.5. The third-order valence-corrected chi connectivity index (χ3v) is 6.58. The van der Waals surface area contributed by atoms with E-state index in [1.807, 2.05) is 38.1 Å². The second-order valence-electron chi connectivity index (χ2n) is 6.06. The van der Waals surface area contributed by atoms with Gasteiger partial charge < -0.3 is 20.1 Å². The Morgan fingerprint density at radius 2 is 1.87 bits per heavy atom. The summed E-state index contributed by atoms with van der Waals surface area (Å²) in [5.41, 5.74) is 0. The number of ether oxygens (including phenoxy) is 2. The van der Waals surface area contributed by atoms with Gasteiger partial charge in [0.2, 0.25) is 10.0 Å². The number of halogens is 1. The average molecular weight is 569 g/mol. The predicted molar refractivity (Wildman–Crippen MR) is 132 cm³/mol. The third-order valence-electron chi connectivity index (χ3n) is 3.72. The molecule has 0 bridgehead atoms. The van der Waals surface area contributed by atoms with Crippen molar-refractivity contribution in [1.29, 1.82) is 0 Å². The van der Waals surface area contributed by atoms with Gasteiger partial charge in [0.25, 0.3) is 0 Å². The number of aliphatic imine (C=N–C) groups is 1. The number of benzene rings is 1. The molecule has 0 radical (unpaired) electrons. The highest BCUT2D eigenvalue weighted by atomic mass is 127. The minimum Gasteiger partial charge on any atom is -0.493 e. The molecule has 2 rings (SSSR count). The SMILES string of the molecule is CCNC(=NCC(C)Oc1ccccc1OC)NCCNS(=O)(=O)c1cccs1.I. The summed E-state index contributed by atoms with van der Waals surface area (Å²) in [6, 6.07) is 10.7. The van der Waals surface area contributed by atoms with Crippen molar-refractivity contribution < 1.29 is 17.9 Å². The van der Waals surface area contributed by atoms with E-state index in [0.29, 0.717) is 41.3 Å². The molecule has 11 heteroatoms. The van der Waals surface area contributed by atoms with Crippen molar-refractivity contribution in [3.63, 3.8) is 0 Å². The maximum atomic E-state index is 12.1. The molecule has 0 saturated heterocycles. The van der Waals surface area contributed by atoms with Gasteiger partial charge in [0, 0.05) is 19.6 Å². The minimum atomic E-state index is -3.46. The van der Waals surface area contributed by atoms with E-state index in [-0.39, 0.29) is 36.6 Å². The van der Waals surface area contributed by atoms with Crippen molar-refractivity contribution in [3.8, 4) is 11.5 Å². The second-order valence-corrected chi connectivity index (χ2v) is 9.00. The molecular formula is C19H29IN4O4S2. The lowest BCUT2D eigenvalue weighted by molar-refractivity contribution is 0.219. The number of methoxy groups -OCH3 is 1. The summed E-state index contributed by atoms with van der Waals surface area (Å²) >= 11 is 1.19. The molecule has 0 spiro atoms. The van der Waals surface area contributed by atoms with E-state index in [9.17, 15) is 8.42 Å². The number of para-hydroxylation sites is 2. The number of nitrogens with one attached hydrogen (secondary N) is 3. The highest BCUT2D eigenvalue weighted by Gasteiger charge is 2.14. The van der Waals surface area contributed by atoms with Crippen molar-refractivity contribution in [2.45, 2.75) is 24.2 Å². The molecule has 1 heterocycles. The van der Waals surface area contributed by atoms with Gasteiger partial charge in [-0.3, -0.25) is 0 Å². The molecule has 0 aliphatic rings. The first-order valence-electron chi connectivity index (χ1n) is 9.31. The molecule has 168 valence electrons. The van der Waals surface area contributed by atoms with Gasteiger partial charge in [-0.25, -0.2) is 18.1 Å². The molecular weight excluding hydrogens is 539 g/mol. The lowest BCUT2D eigenvalue weighted by Gasteiger charge is -2.16. The van der Waals surface area contributed by atoms with Gasteiger partial charge in [0.15, 0.2) is 17.5 Å². The van der Waals surface area contributed by atoms with E-state index in [1.54, 1.807) is 24.6 Å². The molecule has 0 fully saturated rings. The number of hydrogen-bond acceptors (Lipinski definition) is 6.